The second kappa shape index (κ2) is 7.54. The Bertz CT molecular complexity index is 1160. The fourth-order valence-corrected chi connectivity index (χ4v) is 3.95. The molecule has 29 heavy (non-hydrogen) atoms. The third-order valence-electron chi connectivity index (χ3n) is 5.35. The van der Waals surface area contributed by atoms with E-state index in [2.05, 4.69) is 27.4 Å². The van der Waals surface area contributed by atoms with E-state index in [1.54, 1.807) is 18.2 Å². The Morgan fingerprint density at radius 1 is 1.03 bits per heavy atom. The van der Waals surface area contributed by atoms with Crippen molar-refractivity contribution in [1.29, 1.82) is 0 Å². The highest BCUT2D eigenvalue weighted by Crippen LogP contribution is 2.41. The topological polar surface area (TPSA) is 52.3 Å². The molecule has 146 valence electrons. The van der Waals surface area contributed by atoms with E-state index < -0.39 is 0 Å². The second-order valence-electron chi connectivity index (χ2n) is 7.25. The molecule has 1 saturated carbocycles. The van der Waals surface area contributed by atoms with E-state index in [-0.39, 0.29) is 17.8 Å². The number of rotatable bonds is 5. The van der Waals surface area contributed by atoms with Crippen LogP contribution in [0.1, 0.15) is 29.9 Å². The van der Waals surface area contributed by atoms with Crippen LogP contribution in [0.15, 0.2) is 60.7 Å². The summed E-state index contributed by atoms with van der Waals surface area (Å²) < 4.78 is 21.6. The fourth-order valence-electron chi connectivity index (χ4n) is 3.67. The minimum atomic E-state index is -0.374. The van der Waals surface area contributed by atoms with Crippen molar-refractivity contribution in [3.8, 4) is 11.4 Å². The van der Waals surface area contributed by atoms with Crippen LogP contribution in [-0.2, 0) is 11.3 Å². The first-order chi connectivity index (χ1) is 14.2. The summed E-state index contributed by atoms with van der Waals surface area (Å²) >= 11 is 6.47. The van der Waals surface area contributed by atoms with Crippen LogP contribution < -0.4 is 0 Å². The van der Waals surface area contributed by atoms with Crippen molar-refractivity contribution in [1.82, 2.24) is 19.8 Å². The largest absolute Gasteiger partial charge is 0.373 e. The Kier molecular flexibility index (Phi) is 4.73. The number of hydrogen-bond donors (Lipinski definition) is 0. The fraction of sp³-hybridized carbons (Fsp3) is 0.227. The molecule has 0 amide bonds. The molecule has 0 saturated heterocycles. The van der Waals surface area contributed by atoms with E-state index in [9.17, 15) is 4.39 Å². The van der Waals surface area contributed by atoms with Gasteiger partial charge in [-0.3, -0.25) is 0 Å². The molecule has 0 radical (unpaired) electrons. The average Bonchev–Trinajstić information content (AvgIpc) is 3.10. The van der Waals surface area contributed by atoms with Crippen LogP contribution in [-0.4, -0.2) is 25.9 Å². The Morgan fingerprint density at radius 3 is 2.59 bits per heavy atom. The molecule has 1 aliphatic rings. The molecule has 0 unspecified atom stereocenters. The summed E-state index contributed by atoms with van der Waals surface area (Å²) in [7, 11) is 0. The van der Waals surface area contributed by atoms with Crippen molar-refractivity contribution >= 4 is 17.2 Å². The van der Waals surface area contributed by atoms with E-state index in [0.29, 0.717) is 28.8 Å². The Labute approximate surface area is 172 Å². The first kappa shape index (κ1) is 18.2. The van der Waals surface area contributed by atoms with E-state index in [4.69, 9.17) is 16.3 Å². The summed E-state index contributed by atoms with van der Waals surface area (Å²) in [6.45, 7) is 0.611. The molecule has 0 aliphatic heterocycles. The van der Waals surface area contributed by atoms with Gasteiger partial charge in [0.2, 0.25) is 0 Å². The van der Waals surface area contributed by atoms with Gasteiger partial charge in [0.25, 0.3) is 0 Å². The summed E-state index contributed by atoms with van der Waals surface area (Å²) in [4.78, 5) is 0. The van der Waals surface area contributed by atoms with Crippen molar-refractivity contribution < 1.29 is 9.13 Å². The van der Waals surface area contributed by atoms with Gasteiger partial charge in [0.1, 0.15) is 5.82 Å². The molecular formula is C22H18ClFN4O. The van der Waals surface area contributed by atoms with Crippen molar-refractivity contribution in [3.63, 3.8) is 0 Å². The summed E-state index contributed by atoms with van der Waals surface area (Å²) in [5, 5.41) is 13.1. The van der Waals surface area contributed by atoms with Gasteiger partial charge in [0, 0.05) is 0 Å². The maximum Gasteiger partial charge on any atom is 0.188 e. The zero-order valence-electron chi connectivity index (χ0n) is 15.5. The predicted molar refractivity (Wildman–Crippen MR) is 108 cm³/mol. The van der Waals surface area contributed by atoms with Gasteiger partial charge in [-0.25, -0.2) is 4.39 Å². The van der Waals surface area contributed by atoms with Gasteiger partial charge in [-0.15, -0.1) is 10.2 Å². The SMILES string of the molecule is Fc1ccccc1-c1nnc2cc(C3CC(OCc4ccccc4)C3)c(Cl)nn12. The molecule has 1 fully saturated rings. The standard InChI is InChI=1S/C22H18ClFN4O/c23-21-18(15-10-16(11-15)29-13-14-6-2-1-3-7-14)12-20-25-26-22(28(20)27-21)17-8-4-5-9-19(17)24/h1-9,12,15-16H,10-11,13H2. The molecular weight excluding hydrogens is 391 g/mol. The summed E-state index contributed by atoms with van der Waals surface area (Å²) in [5.41, 5.74) is 3.00. The lowest BCUT2D eigenvalue weighted by atomic mass is 9.78. The quantitative estimate of drug-likeness (QED) is 0.464. The van der Waals surface area contributed by atoms with Gasteiger partial charge in [-0.05, 0) is 48.1 Å². The number of hydrogen-bond acceptors (Lipinski definition) is 4. The Hall–Kier alpha value is -2.83. The minimum absolute atomic E-state index is 0.208. The molecule has 5 rings (SSSR count). The van der Waals surface area contributed by atoms with Gasteiger partial charge in [0.15, 0.2) is 16.6 Å². The number of nitrogens with zero attached hydrogens (tertiary/aromatic N) is 4. The maximum atomic E-state index is 14.1. The van der Waals surface area contributed by atoms with Crippen LogP contribution in [0, 0.1) is 5.82 Å². The van der Waals surface area contributed by atoms with Crippen molar-refractivity contribution in [2.75, 3.05) is 0 Å². The number of halogens is 2. The number of ether oxygens (including phenoxy) is 1. The highest BCUT2D eigenvalue weighted by molar-refractivity contribution is 6.30. The molecule has 4 aromatic rings. The van der Waals surface area contributed by atoms with Crippen molar-refractivity contribution in [2.45, 2.75) is 31.5 Å². The van der Waals surface area contributed by atoms with Gasteiger partial charge in [-0.1, -0.05) is 54.1 Å². The molecule has 0 spiro atoms. The van der Waals surface area contributed by atoms with Crippen LogP contribution in [0.25, 0.3) is 17.0 Å². The van der Waals surface area contributed by atoms with E-state index in [1.165, 1.54) is 16.1 Å². The van der Waals surface area contributed by atoms with Crippen molar-refractivity contribution in [3.05, 3.63) is 82.8 Å². The van der Waals surface area contributed by atoms with E-state index in [0.717, 1.165) is 18.4 Å². The molecule has 1 aliphatic carbocycles. The van der Waals surface area contributed by atoms with Gasteiger partial charge < -0.3 is 4.74 Å². The highest BCUT2D eigenvalue weighted by Gasteiger charge is 2.33. The molecule has 7 heteroatoms. The normalized spacial score (nSPS) is 18.7. The lowest BCUT2D eigenvalue weighted by Gasteiger charge is -2.35. The Morgan fingerprint density at radius 2 is 1.79 bits per heavy atom. The van der Waals surface area contributed by atoms with Crippen LogP contribution in [0.2, 0.25) is 5.15 Å². The van der Waals surface area contributed by atoms with Gasteiger partial charge in [-0.2, -0.15) is 9.61 Å². The van der Waals surface area contributed by atoms with E-state index in [1.807, 2.05) is 24.3 Å². The van der Waals surface area contributed by atoms with E-state index >= 15 is 0 Å². The molecule has 2 heterocycles. The summed E-state index contributed by atoms with van der Waals surface area (Å²) in [5.74, 6) is 0.236. The minimum Gasteiger partial charge on any atom is -0.373 e. The molecule has 5 nitrogen and oxygen atoms in total. The molecule has 2 aromatic heterocycles. The maximum absolute atomic E-state index is 14.1. The van der Waals surface area contributed by atoms with Gasteiger partial charge >= 0.3 is 0 Å². The lowest BCUT2D eigenvalue weighted by Crippen LogP contribution is -2.30. The predicted octanol–water partition coefficient (Wildman–Crippen LogP) is 5.05. The molecule has 2 aromatic carbocycles. The smallest absolute Gasteiger partial charge is 0.188 e. The lowest BCUT2D eigenvalue weighted by molar-refractivity contribution is -0.0207. The first-order valence-corrected chi connectivity index (χ1v) is 9.89. The van der Waals surface area contributed by atoms with Gasteiger partial charge in [0.05, 0.1) is 18.3 Å². The molecule has 0 N–H and O–H groups in total. The third kappa shape index (κ3) is 3.50. The van der Waals surface area contributed by atoms with Crippen LogP contribution in [0.5, 0.6) is 0 Å². The molecule has 0 bridgehead atoms. The Balaban J connectivity index is 1.32. The number of benzene rings is 2. The zero-order chi connectivity index (χ0) is 19.8. The highest BCUT2D eigenvalue weighted by atomic mass is 35.5. The van der Waals surface area contributed by atoms with Crippen molar-refractivity contribution in [2.24, 2.45) is 0 Å². The third-order valence-corrected chi connectivity index (χ3v) is 5.65. The number of aromatic nitrogens is 4. The van der Waals surface area contributed by atoms with Crippen LogP contribution >= 0.6 is 11.6 Å². The average molecular weight is 409 g/mol. The number of fused-ring (bicyclic) bond motifs is 1. The van der Waals surface area contributed by atoms with Crippen LogP contribution in [0.4, 0.5) is 4.39 Å². The monoisotopic (exact) mass is 408 g/mol. The summed E-state index contributed by atoms with van der Waals surface area (Å²) in [6, 6.07) is 18.4. The second-order valence-corrected chi connectivity index (χ2v) is 7.61. The molecule has 0 atom stereocenters. The summed E-state index contributed by atoms with van der Waals surface area (Å²) in [6.07, 6.45) is 1.98. The zero-order valence-corrected chi connectivity index (χ0v) is 16.3. The van der Waals surface area contributed by atoms with Crippen LogP contribution in [0.3, 0.4) is 0 Å². The first-order valence-electron chi connectivity index (χ1n) is 9.51.